The molecule has 16 heavy (non-hydrogen) atoms. The van der Waals surface area contributed by atoms with Crippen molar-refractivity contribution in [2.24, 2.45) is 0 Å². The van der Waals surface area contributed by atoms with Crippen molar-refractivity contribution in [2.45, 2.75) is 44.7 Å². The molecule has 0 aromatic rings. The van der Waals surface area contributed by atoms with Crippen molar-refractivity contribution >= 4 is 11.9 Å². The Morgan fingerprint density at radius 1 is 1.56 bits per heavy atom. The molecule has 1 saturated heterocycles. The fourth-order valence-corrected chi connectivity index (χ4v) is 2.04. The van der Waals surface area contributed by atoms with Crippen LogP contribution in [-0.4, -0.2) is 47.6 Å². The third-order valence-electron chi connectivity index (χ3n) is 3.13. The number of amides is 1. The highest BCUT2D eigenvalue weighted by Gasteiger charge is 2.25. The lowest BCUT2D eigenvalue weighted by Gasteiger charge is -2.20. The molecule has 1 amide bonds. The molecule has 1 rings (SSSR count). The number of hydrogen-bond donors (Lipinski definition) is 2. The monoisotopic (exact) mass is 228 g/mol. The molecule has 0 saturated carbocycles. The van der Waals surface area contributed by atoms with Crippen molar-refractivity contribution in [1.82, 2.24) is 10.2 Å². The van der Waals surface area contributed by atoms with Gasteiger partial charge in [0.2, 0.25) is 5.91 Å². The van der Waals surface area contributed by atoms with Gasteiger partial charge in [-0.15, -0.1) is 0 Å². The molecule has 5 nitrogen and oxygen atoms in total. The topological polar surface area (TPSA) is 69.6 Å². The zero-order valence-electron chi connectivity index (χ0n) is 9.90. The first-order chi connectivity index (χ1) is 7.54. The molecule has 2 atom stereocenters. The van der Waals surface area contributed by atoms with Crippen LogP contribution in [0, 0.1) is 0 Å². The van der Waals surface area contributed by atoms with Gasteiger partial charge in [-0.25, -0.2) is 4.79 Å². The van der Waals surface area contributed by atoms with Gasteiger partial charge in [-0.3, -0.25) is 4.79 Å². The summed E-state index contributed by atoms with van der Waals surface area (Å²) in [7, 11) is 2.00. The third kappa shape index (κ3) is 3.48. The average molecular weight is 228 g/mol. The summed E-state index contributed by atoms with van der Waals surface area (Å²) in [5.41, 5.74) is 0. The molecule has 1 aliphatic rings. The van der Waals surface area contributed by atoms with E-state index in [-0.39, 0.29) is 11.9 Å². The van der Waals surface area contributed by atoms with Crippen LogP contribution in [0.15, 0.2) is 0 Å². The zero-order valence-corrected chi connectivity index (χ0v) is 9.90. The van der Waals surface area contributed by atoms with Gasteiger partial charge in [-0.1, -0.05) is 6.92 Å². The number of nitrogens with one attached hydrogen (secondary N) is 1. The average Bonchev–Trinajstić information content (AvgIpc) is 2.60. The van der Waals surface area contributed by atoms with Crippen molar-refractivity contribution in [3.8, 4) is 0 Å². The van der Waals surface area contributed by atoms with Gasteiger partial charge in [0.1, 0.15) is 6.04 Å². The molecule has 0 aliphatic carbocycles. The van der Waals surface area contributed by atoms with E-state index in [0.717, 1.165) is 19.4 Å². The van der Waals surface area contributed by atoms with Crippen molar-refractivity contribution in [3.05, 3.63) is 0 Å². The van der Waals surface area contributed by atoms with Gasteiger partial charge in [0, 0.05) is 12.5 Å². The van der Waals surface area contributed by atoms with Gasteiger partial charge in [0.15, 0.2) is 0 Å². The molecule has 1 aliphatic heterocycles. The lowest BCUT2D eigenvalue weighted by molar-refractivity contribution is -0.142. The van der Waals surface area contributed by atoms with Crippen molar-refractivity contribution in [2.75, 3.05) is 13.6 Å². The van der Waals surface area contributed by atoms with Gasteiger partial charge in [-0.2, -0.15) is 0 Å². The number of nitrogens with zero attached hydrogens (tertiary/aromatic N) is 1. The number of carbonyl (C=O) groups excluding carboxylic acids is 1. The highest BCUT2D eigenvalue weighted by molar-refractivity contribution is 5.83. The molecule has 1 fully saturated rings. The molecular weight excluding hydrogens is 208 g/mol. The smallest absolute Gasteiger partial charge is 0.326 e. The Morgan fingerprint density at radius 3 is 2.69 bits per heavy atom. The highest BCUT2D eigenvalue weighted by atomic mass is 16.4. The van der Waals surface area contributed by atoms with Crippen molar-refractivity contribution in [1.29, 1.82) is 0 Å². The summed E-state index contributed by atoms with van der Waals surface area (Å²) in [6.45, 7) is 2.77. The molecular formula is C11H20N2O3. The van der Waals surface area contributed by atoms with Crippen molar-refractivity contribution < 1.29 is 14.7 Å². The largest absolute Gasteiger partial charge is 0.480 e. The maximum atomic E-state index is 11.6. The van der Waals surface area contributed by atoms with Crippen LogP contribution in [0.2, 0.25) is 0 Å². The number of carbonyl (C=O) groups is 2. The number of aliphatic carboxylic acids is 1. The molecule has 0 bridgehead atoms. The van der Waals surface area contributed by atoms with Crippen LogP contribution < -0.4 is 5.32 Å². The van der Waals surface area contributed by atoms with Crippen LogP contribution in [-0.2, 0) is 9.59 Å². The fourth-order valence-electron chi connectivity index (χ4n) is 2.04. The van der Waals surface area contributed by atoms with Gasteiger partial charge < -0.3 is 15.3 Å². The van der Waals surface area contributed by atoms with Crippen molar-refractivity contribution in [3.63, 3.8) is 0 Å². The molecule has 5 heteroatoms. The second-order valence-electron chi connectivity index (χ2n) is 4.35. The first kappa shape index (κ1) is 13.0. The Bertz CT molecular complexity index is 268. The first-order valence-electron chi connectivity index (χ1n) is 5.77. The highest BCUT2D eigenvalue weighted by Crippen LogP contribution is 2.17. The summed E-state index contributed by atoms with van der Waals surface area (Å²) in [5, 5.41) is 11.4. The molecule has 2 N–H and O–H groups in total. The van der Waals surface area contributed by atoms with Crippen LogP contribution in [0.1, 0.15) is 32.6 Å². The quantitative estimate of drug-likeness (QED) is 0.717. The molecule has 0 aromatic heterocycles. The summed E-state index contributed by atoms with van der Waals surface area (Å²) in [4.78, 5) is 24.5. The molecule has 1 heterocycles. The SMILES string of the molecule is CCC(NC(=O)CC1CCCN1C)C(=O)O. The van der Waals surface area contributed by atoms with E-state index in [9.17, 15) is 9.59 Å². The minimum Gasteiger partial charge on any atom is -0.480 e. The summed E-state index contributed by atoms with van der Waals surface area (Å²) in [6.07, 6.45) is 2.96. The van der Waals surface area contributed by atoms with Gasteiger partial charge >= 0.3 is 5.97 Å². The number of rotatable bonds is 5. The van der Waals surface area contributed by atoms with E-state index in [2.05, 4.69) is 10.2 Å². The van der Waals surface area contributed by atoms with E-state index in [1.54, 1.807) is 6.92 Å². The Hall–Kier alpha value is -1.10. The lowest BCUT2D eigenvalue weighted by Crippen LogP contribution is -2.42. The predicted molar refractivity (Wildman–Crippen MR) is 60.1 cm³/mol. The Kier molecular flexibility index (Phi) is 4.73. The van der Waals surface area contributed by atoms with E-state index in [0.29, 0.717) is 12.8 Å². The zero-order chi connectivity index (χ0) is 12.1. The number of carboxylic acid groups (broad SMARTS) is 1. The second kappa shape index (κ2) is 5.84. The minimum atomic E-state index is -0.962. The van der Waals surface area contributed by atoms with Crippen LogP contribution >= 0.6 is 0 Å². The maximum Gasteiger partial charge on any atom is 0.326 e. The molecule has 0 radical (unpaired) electrons. The van der Waals surface area contributed by atoms with E-state index in [1.807, 2.05) is 7.05 Å². The van der Waals surface area contributed by atoms with Crippen LogP contribution in [0.25, 0.3) is 0 Å². The maximum absolute atomic E-state index is 11.6. The molecule has 0 spiro atoms. The lowest BCUT2D eigenvalue weighted by atomic mass is 10.1. The van der Waals surface area contributed by atoms with Crippen LogP contribution in [0.3, 0.4) is 0 Å². The second-order valence-corrected chi connectivity index (χ2v) is 4.35. The third-order valence-corrected chi connectivity index (χ3v) is 3.13. The van der Waals surface area contributed by atoms with E-state index in [4.69, 9.17) is 5.11 Å². The van der Waals surface area contributed by atoms with Crippen LogP contribution in [0.5, 0.6) is 0 Å². The number of carboxylic acids is 1. The summed E-state index contributed by atoms with van der Waals surface area (Å²) in [5.74, 6) is -1.12. The van der Waals surface area contributed by atoms with Crippen LogP contribution in [0.4, 0.5) is 0 Å². The fraction of sp³-hybridized carbons (Fsp3) is 0.818. The normalized spacial score (nSPS) is 23.0. The first-order valence-corrected chi connectivity index (χ1v) is 5.77. The molecule has 92 valence electrons. The van der Waals surface area contributed by atoms with Gasteiger partial charge in [0.05, 0.1) is 0 Å². The Balaban J connectivity index is 2.37. The Labute approximate surface area is 95.8 Å². The standard InChI is InChI=1S/C11H20N2O3/c1-3-9(11(15)16)12-10(14)7-8-5-4-6-13(8)2/h8-9H,3-7H2,1-2H3,(H,12,14)(H,15,16). The van der Waals surface area contributed by atoms with Gasteiger partial charge in [0.25, 0.3) is 0 Å². The molecule has 0 aromatic carbocycles. The number of hydrogen-bond acceptors (Lipinski definition) is 3. The Morgan fingerprint density at radius 2 is 2.25 bits per heavy atom. The predicted octanol–water partition coefficient (Wildman–Crippen LogP) is 0.450. The van der Waals surface area contributed by atoms with E-state index in [1.165, 1.54) is 0 Å². The van der Waals surface area contributed by atoms with E-state index >= 15 is 0 Å². The van der Waals surface area contributed by atoms with E-state index < -0.39 is 12.0 Å². The minimum absolute atomic E-state index is 0.159. The summed E-state index contributed by atoms with van der Waals surface area (Å²) < 4.78 is 0. The molecule has 2 unspecified atom stereocenters. The summed E-state index contributed by atoms with van der Waals surface area (Å²) in [6, 6.07) is -0.481. The summed E-state index contributed by atoms with van der Waals surface area (Å²) >= 11 is 0. The number of likely N-dealkylation sites (tertiary alicyclic amines) is 1. The van der Waals surface area contributed by atoms with Gasteiger partial charge in [-0.05, 0) is 32.9 Å².